The molecule has 0 radical (unpaired) electrons. The fraction of sp³-hybridized carbons (Fsp3) is 0.562. The standard InChI is InChI=1S/C16H24N2O2/c1-18(16(19)12-17-11-13-7-8-13)10-9-14-5-3-4-6-15(14)20-2/h3-6,13,17H,7-12H2,1-2H3. The van der Waals surface area contributed by atoms with Crippen LogP contribution in [0.2, 0.25) is 0 Å². The number of hydrogen-bond acceptors (Lipinski definition) is 3. The van der Waals surface area contributed by atoms with Gasteiger partial charge in [-0.15, -0.1) is 0 Å². The Morgan fingerprint density at radius 1 is 1.40 bits per heavy atom. The van der Waals surface area contributed by atoms with Crippen molar-refractivity contribution < 1.29 is 9.53 Å². The van der Waals surface area contributed by atoms with Crippen LogP contribution in [-0.2, 0) is 11.2 Å². The zero-order chi connectivity index (χ0) is 14.4. The number of ether oxygens (including phenoxy) is 1. The Hall–Kier alpha value is -1.55. The minimum absolute atomic E-state index is 0.153. The lowest BCUT2D eigenvalue weighted by Crippen LogP contribution is -2.37. The van der Waals surface area contributed by atoms with Gasteiger partial charge in [0.15, 0.2) is 0 Å². The molecule has 0 saturated heterocycles. The van der Waals surface area contributed by atoms with Crippen LogP contribution in [0.25, 0.3) is 0 Å². The summed E-state index contributed by atoms with van der Waals surface area (Å²) in [7, 11) is 3.53. The van der Waals surface area contributed by atoms with Gasteiger partial charge in [-0.05, 0) is 43.4 Å². The van der Waals surface area contributed by atoms with E-state index in [0.717, 1.165) is 30.2 Å². The average Bonchev–Trinajstić information content (AvgIpc) is 3.29. The summed E-state index contributed by atoms with van der Waals surface area (Å²) in [6.07, 6.45) is 3.44. The van der Waals surface area contributed by atoms with E-state index in [9.17, 15) is 4.79 Å². The van der Waals surface area contributed by atoms with Crippen LogP contribution in [0.4, 0.5) is 0 Å². The number of amides is 1. The van der Waals surface area contributed by atoms with Crippen LogP contribution in [0.5, 0.6) is 5.75 Å². The molecule has 1 aliphatic rings. The fourth-order valence-corrected chi connectivity index (χ4v) is 2.16. The van der Waals surface area contributed by atoms with Gasteiger partial charge in [0.05, 0.1) is 13.7 Å². The minimum Gasteiger partial charge on any atom is -0.496 e. The number of methoxy groups -OCH3 is 1. The Balaban J connectivity index is 1.72. The highest BCUT2D eigenvalue weighted by molar-refractivity contribution is 5.77. The third-order valence-electron chi connectivity index (χ3n) is 3.74. The number of nitrogens with one attached hydrogen (secondary N) is 1. The smallest absolute Gasteiger partial charge is 0.236 e. The Morgan fingerprint density at radius 3 is 2.85 bits per heavy atom. The molecule has 0 aliphatic heterocycles. The molecule has 0 unspecified atom stereocenters. The molecule has 1 N–H and O–H groups in total. The van der Waals surface area contributed by atoms with E-state index < -0.39 is 0 Å². The molecule has 1 saturated carbocycles. The molecule has 1 aliphatic carbocycles. The first-order valence-electron chi connectivity index (χ1n) is 7.27. The van der Waals surface area contributed by atoms with Gasteiger partial charge in [-0.1, -0.05) is 18.2 Å². The number of nitrogens with zero attached hydrogens (tertiary/aromatic N) is 1. The summed E-state index contributed by atoms with van der Waals surface area (Å²) >= 11 is 0. The zero-order valence-corrected chi connectivity index (χ0v) is 12.4. The van der Waals surface area contributed by atoms with Gasteiger partial charge in [-0.25, -0.2) is 0 Å². The lowest BCUT2D eigenvalue weighted by molar-refractivity contribution is -0.128. The van der Waals surface area contributed by atoms with Gasteiger partial charge in [-0.2, -0.15) is 0 Å². The molecule has 0 bridgehead atoms. The van der Waals surface area contributed by atoms with Crippen molar-refractivity contribution in [1.29, 1.82) is 0 Å². The van der Waals surface area contributed by atoms with Crippen LogP contribution in [-0.4, -0.2) is 44.6 Å². The highest BCUT2D eigenvalue weighted by atomic mass is 16.5. The number of likely N-dealkylation sites (N-methyl/N-ethyl adjacent to an activating group) is 1. The molecule has 1 amide bonds. The zero-order valence-electron chi connectivity index (χ0n) is 12.4. The number of carbonyl (C=O) groups excluding carboxylic acids is 1. The Labute approximate surface area is 121 Å². The molecule has 1 fully saturated rings. The molecule has 4 nitrogen and oxygen atoms in total. The van der Waals surface area contributed by atoms with Crippen LogP contribution in [0.15, 0.2) is 24.3 Å². The fourth-order valence-electron chi connectivity index (χ4n) is 2.16. The third kappa shape index (κ3) is 4.53. The Bertz CT molecular complexity index is 444. The van der Waals surface area contributed by atoms with Gasteiger partial charge in [-0.3, -0.25) is 4.79 Å². The lowest BCUT2D eigenvalue weighted by Gasteiger charge is -2.18. The molecule has 4 heteroatoms. The summed E-state index contributed by atoms with van der Waals surface area (Å²) in [6.45, 7) is 2.13. The number of benzene rings is 1. The molecule has 0 atom stereocenters. The maximum atomic E-state index is 12.0. The lowest BCUT2D eigenvalue weighted by atomic mass is 10.1. The first-order valence-corrected chi connectivity index (χ1v) is 7.27. The number of carbonyl (C=O) groups is 1. The van der Waals surface area contributed by atoms with E-state index in [4.69, 9.17) is 4.74 Å². The summed E-state index contributed by atoms with van der Waals surface area (Å²) in [5.41, 5.74) is 1.14. The van der Waals surface area contributed by atoms with Crippen LogP contribution in [0.1, 0.15) is 18.4 Å². The van der Waals surface area contributed by atoms with Gasteiger partial charge in [0, 0.05) is 13.6 Å². The first-order chi connectivity index (χ1) is 9.70. The molecule has 1 aromatic rings. The molecular weight excluding hydrogens is 252 g/mol. The van der Waals surface area contributed by atoms with Crippen molar-refractivity contribution >= 4 is 5.91 Å². The average molecular weight is 276 g/mol. The maximum absolute atomic E-state index is 12.0. The van der Waals surface area contributed by atoms with Gasteiger partial charge >= 0.3 is 0 Å². The van der Waals surface area contributed by atoms with Gasteiger partial charge in [0.2, 0.25) is 5.91 Å². The summed E-state index contributed by atoms with van der Waals surface area (Å²) in [6, 6.07) is 7.95. The molecular formula is C16H24N2O2. The summed E-state index contributed by atoms with van der Waals surface area (Å²) in [4.78, 5) is 13.7. The molecule has 20 heavy (non-hydrogen) atoms. The van der Waals surface area contributed by atoms with Crippen LogP contribution >= 0.6 is 0 Å². The molecule has 0 spiro atoms. The topological polar surface area (TPSA) is 41.6 Å². The van der Waals surface area contributed by atoms with Crippen molar-refractivity contribution in [2.45, 2.75) is 19.3 Å². The second kappa shape index (κ2) is 7.29. The van der Waals surface area contributed by atoms with Crippen LogP contribution < -0.4 is 10.1 Å². The van der Waals surface area contributed by atoms with Gasteiger partial charge < -0.3 is 15.0 Å². The van der Waals surface area contributed by atoms with Gasteiger partial charge in [0.25, 0.3) is 0 Å². The Morgan fingerprint density at radius 2 is 2.15 bits per heavy atom. The van der Waals surface area contributed by atoms with E-state index >= 15 is 0 Å². The van der Waals surface area contributed by atoms with Crippen molar-refractivity contribution in [3.05, 3.63) is 29.8 Å². The minimum atomic E-state index is 0.153. The monoisotopic (exact) mass is 276 g/mol. The largest absolute Gasteiger partial charge is 0.496 e. The van der Waals surface area contributed by atoms with Crippen molar-refractivity contribution in [2.75, 3.05) is 33.8 Å². The van der Waals surface area contributed by atoms with Crippen molar-refractivity contribution in [3.63, 3.8) is 0 Å². The summed E-state index contributed by atoms with van der Waals surface area (Å²) in [5.74, 6) is 1.85. The maximum Gasteiger partial charge on any atom is 0.236 e. The highest BCUT2D eigenvalue weighted by Crippen LogP contribution is 2.27. The third-order valence-corrected chi connectivity index (χ3v) is 3.74. The van der Waals surface area contributed by atoms with Gasteiger partial charge in [0.1, 0.15) is 5.75 Å². The second-order valence-electron chi connectivity index (χ2n) is 5.45. The highest BCUT2D eigenvalue weighted by Gasteiger charge is 2.21. The normalized spacial score (nSPS) is 14.1. The van der Waals surface area contributed by atoms with E-state index in [2.05, 4.69) is 5.32 Å². The predicted octanol–water partition coefficient (Wildman–Crippen LogP) is 1.70. The molecule has 0 heterocycles. The van der Waals surface area contributed by atoms with Crippen molar-refractivity contribution in [3.8, 4) is 5.75 Å². The van der Waals surface area contributed by atoms with Crippen LogP contribution in [0, 0.1) is 5.92 Å². The van der Waals surface area contributed by atoms with Crippen molar-refractivity contribution in [1.82, 2.24) is 10.2 Å². The van der Waals surface area contributed by atoms with E-state index in [1.807, 2.05) is 31.3 Å². The number of rotatable bonds is 8. The molecule has 1 aromatic carbocycles. The summed E-state index contributed by atoms with van der Waals surface area (Å²) in [5, 5.41) is 3.23. The van der Waals surface area contributed by atoms with E-state index in [0.29, 0.717) is 13.1 Å². The molecule has 110 valence electrons. The molecule has 0 aromatic heterocycles. The van der Waals surface area contributed by atoms with E-state index in [-0.39, 0.29) is 5.91 Å². The SMILES string of the molecule is COc1ccccc1CCN(C)C(=O)CNCC1CC1. The number of hydrogen-bond donors (Lipinski definition) is 1. The van der Waals surface area contributed by atoms with Crippen LogP contribution in [0.3, 0.4) is 0 Å². The van der Waals surface area contributed by atoms with E-state index in [1.165, 1.54) is 12.8 Å². The molecule has 2 rings (SSSR count). The predicted molar refractivity (Wildman–Crippen MR) is 79.9 cm³/mol. The number of para-hydroxylation sites is 1. The Kier molecular flexibility index (Phi) is 5.41. The quantitative estimate of drug-likeness (QED) is 0.785. The summed E-state index contributed by atoms with van der Waals surface area (Å²) < 4.78 is 5.32. The first kappa shape index (κ1) is 14.9. The van der Waals surface area contributed by atoms with Crippen molar-refractivity contribution in [2.24, 2.45) is 5.92 Å². The second-order valence-corrected chi connectivity index (χ2v) is 5.45. The van der Waals surface area contributed by atoms with E-state index in [1.54, 1.807) is 12.0 Å².